The Kier molecular flexibility index (Phi) is 7.64. The summed E-state index contributed by atoms with van der Waals surface area (Å²) in [5.41, 5.74) is 7.94. The molecule has 0 bridgehead atoms. The van der Waals surface area contributed by atoms with Crippen LogP contribution in [-0.2, 0) is 21.7 Å². The van der Waals surface area contributed by atoms with Gasteiger partial charge in [0.25, 0.3) is 11.8 Å². The molecule has 1 fully saturated rings. The number of hydrogen-bond acceptors (Lipinski definition) is 5. The molecule has 7 nitrogen and oxygen atoms in total. The number of rotatable bonds is 7. The molecule has 1 spiro atoms. The smallest absolute Gasteiger partial charge is 0.264 e. The molecule has 4 atom stereocenters. The number of fused-ring (bicyclic) bond motifs is 2. The van der Waals surface area contributed by atoms with Crippen molar-refractivity contribution in [1.82, 2.24) is 0 Å². The third-order valence-electron chi connectivity index (χ3n) is 8.06. The van der Waals surface area contributed by atoms with Crippen molar-refractivity contribution in [1.29, 1.82) is 0 Å². The number of nitrogens with one attached hydrogen (secondary N) is 1. The summed E-state index contributed by atoms with van der Waals surface area (Å²) in [4.78, 5) is 28.6. The summed E-state index contributed by atoms with van der Waals surface area (Å²) in [6.45, 7) is 5.34. The lowest BCUT2D eigenvalue weighted by Crippen LogP contribution is -2.45. The van der Waals surface area contributed by atoms with E-state index in [1.54, 1.807) is 54.4 Å². The van der Waals surface area contributed by atoms with Gasteiger partial charge in [-0.1, -0.05) is 35.0 Å². The highest BCUT2D eigenvalue weighted by Crippen LogP contribution is 2.60. The third kappa shape index (κ3) is 4.98. The molecule has 2 aliphatic heterocycles. The average Bonchev–Trinajstić information content (AvgIpc) is 3.32. The number of amides is 2. The van der Waals surface area contributed by atoms with Crippen LogP contribution in [0, 0.1) is 5.92 Å². The number of benzene rings is 3. The summed E-state index contributed by atoms with van der Waals surface area (Å²) in [5, 5.41) is 12.6. The monoisotopic (exact) mass is 625 g/mol. The van der Waals surface area contributed by atoms with Crippen LogP contribution in [0.4, 0.5) is 21.2 Å². The fourth-order valence-corrected chi connectivity index (χ4v) is 9.19. The lowest BCUT2D eigenvalue weighted by molar-refractivity contribution is -0.146. The number of nitrogens with zero attached hydrogens (tertiary/aromatic N) is 1. The maximum Gasteiger partial charge on any atom is 0.264 e. The molecule has 2 heterocycles. The van der Waals surface area contributed by atoms with Crippen molar-refractivity contribution >= 4 is 53.2 Å². The van der Waals surface area contributed by atoms with Crippen LogP contribution in [0.15, 0.2) is 71.2 Å². The van der Waals surface area contributed by atoms with Crippen LogP contribution in [0.3, 0.4) is 0 Å². The second-order valence-corrected chi connectivity index (χ2v) is 15.8. The minimum absolute atomic E-state index is 0.140. The molecule has 4 N–H and O–H groups in total. The lowest BCUT2D eigenvalue weighted by Gasteiger charge is -2.31. The molecule has 0 saturated carbocycles. The molecule has 3 aromatic rings. The van der Waals surface area contributed by atoms with E-state index in [9.17, 15) is 14.7 Å². The van der Waals surface area contributed by atoms with E-state index in [1.165, 1.54) is 0 Å². The van der Waals surface area contributed by atoms with Crippen molar-refractivity contribution < 1.29 is 23.5 Å². The number of aliphatic hydroxyl groups is 1. The molecule has 3 aromatic carbocycles. The van der Waals surface area contributed by atoms with E-state index in [4.69, 9.17) is 10.5 Å². The van der Waals surface area contributed by atoms with Crippen molar-refractivity contribution in [2.45, 2.75) is 50.2 Å². The SMILES string of the molecule is C[C@@H]1[C@@H]([Si](C)(C)F)[C@H](CCO)O[C@@]12C(=O)N(Cc1ccc(NC(=O)c3ccc(N)cc3)cc1)c1ccc(Br)cc12. The number of carbonyl (C=O) groups excluding carboxylic acids is 2. The number of hydrogen-bond donors (Lipinski definition) is 3. The third-order valence-corrected chi connectivity index (χ3v) is 11.0. The largest absolute Gasteiger partial charge is 0.399 e. The predicted octanol–water partition coefficient (Wildman–Crippen LogP) is 5.99. The zero-order valence-corrected chi connectivity index (χ0v) is 25.2. The first-order chi connectivity index (χ1) is 19.0. The van der Waals surface area contributed by atoms with Crippen LogP contribution in [0.2, 0.25) is 18.6 Å². The molecule has 1 saturated heterocycles. The van der Waals surface area contributed by atoms with Crippen LogP contribution in [0.1, 0.15) is 34.8 Å². The zero-order chi connectivity index (χ0) is 28.8. The molecule has 5 rings (SSSR count). The first kappa shape index (κ1) is 28.5. The van der Waals surface area contributed by atoms with Crippen molar-refractivity contribution in [2.24, 2.45) is 5.92 Å². The van der Waals surface area contributed by atoms with E-state index < -0.39 is 31.6 Å². The number of anilines is 3. The molecule has 2 aliphatic rings. The molecule has 0 aliphatic carbocycles. The van der Waals surface area contributed by atoms with Gasteiger partial charge in [0, 0.05) is 45.0 Å². The number of aliphatic hydroxyl groups excluding tert-OH is 1. The van der Waals surface area contributed by atoms with Gasteiger partial charge in [-0.05, 0) is 79.7 Å². The van der Waals surface area contributed by atoms with Crippen LogP contribution >= 0.6 is 15.9 Å². The first-order valence-corrected chi connectivity index (χ1v) is 17.1. The van der Waals surface area contributed by atoms with E-state index in [0.717, 1.165) is 21.3 Å². The van der Waals surface area contributed by atoms with E-state index in [1.807, 2.05) is 37.3 Å². The molecular weight excluding hydrogens is 593 g/mol. The molecular formula is C30H33BrFN3O4Si. The maximum absolute atomic E-state index is 15.6. The van der Waals surface area contributed by atoms with E-state index in [0.29, 0.717) is 16.9 Å². The Balaban J connectivity index is 1.42. The number of nitrogen functional groups attached to an aromatic ring is 1. The zero-order valence-electron chi connectivity index (χ0n) is 22.7. The van der Waals surface area contributed by atoms with Gasteiger partial charge in [0.15, 0.2) is 5.60 Å². The van der Waals surface area contributed by atoms with Crippen LogP contribution < -0.4 is 16.0 Å². The Bertz CT molecular complexity index is 1430. The summed E-state index contributed by atoms with van der Waals surface area (Å²) >= 11 is 3.54. The number of nitrogens with two attached hydrogens (primary N) is 1. The number of halogens is 2. The fourth-order valence-electron chi connectivity index (χ4n) is 6.29. The van der Waals surface area contributed by atoms with Crippen LogP contribution in [-0.4, -0.2) is 38.0 Å². The topological polar surface area (TPSA) is 105 Å². The molecule has 0 radical (unpaired) electrons. The van der Waals surface area contributed by atoms with Crippen molar-refractivity contribution in [3.63, 3.8) is 0 Å². The minimum atomic E-state index is -3.25. The van der Waals surface area contributed by atoms with Crippen LogP contribution in [0.5, 0.6) is 0 Å². The summed E-state index contributed by atoms with van der Waals surface area (Å²) < 4.78 is 23.0. The highest BCUT2D eigenvalue weighted by Gasteiger charge is 2.66. The Morgan fingerprint density at radius 3 is 2.45 bits per heavy atom. The van der Waals surface area contributed by atoms with Gasteiger partial charge in [-0.25, -0.2) is 0 Å². The Hall–Kier alpha value is -3.05. The second-order valence-electron chi connectivity index (χ2n) is 11.1. The van der Waals surface area contributed by atoms with Crippen molar-refractivity contribution in [3.8, 4) is 0 Å². The van der Waals surface area contributed by atoms with Gasteiger partial charge in [0.2, 0.25) is 8.41 Å². The van der Waals surface area contributed by atoms with Crippen LogP contribution in [0.25, 0.3) is 0 Å². The van der Waals surface area contributed by atoms with Gasteiger partial charge >= 0.3 is 0 Å². The summed E-state index contributed by atoms with van der Waals surface area (Å²) in [6, 6.07) is 19.7. The Morgan fingerprint density at radius 2 is 1.82 bits per heavy atom. The van der Waals surface area contributed by atoms with Gasteiger partial charge in [-0.3, -0.25) is 9.59 Å². The Labute approximate surface area is 242 Å². The highest BCUT2D eigenvalue weighted by molar-refractivity contribution is 9.10. The van der Waals surface area contributed by atoms with Crippen molar-refractivity contribution in [3.05, 3.63) is 87.9 Å². The second kappa shape index (κ2) is 10.7. The number of carbonyl (C=O) groups is 2. The molecule has 10 heteroatoms. The summed E-state index contributed by atoms with van der Waals surface area (Å²) in [7, 11) is -3.25. The quantitative estimate of drug-likeness (QED) is 0.170. The van der Waals surface area contributed by atoms with Gasteiger partial charge in [-0.15, -0.1) is 0 Å². The summed E-state index contributed by atoms with van der Waals surface area (Å²) in [5.74, 6) is -0.882. The molecule has 0 aromatic heterocycles. The molecule has 0 unspecified atom stereocenters. The molecule has 40 heavy (non-hydrogen) atoms. The first-order valence-electron chi connectivity index (χ1n) is 13.3. The molecule has 210 valence electrons. The maximum atomic E-state index is 15.6. The fraction of sp³-hybridized carbons (Fsp3) is 0.333. The van der Waals surface area contributed by atoms with Gasteiger partial charge in [0.05, 0.1) is 18.3 Å². The normalized spacial score (nSPS) is 24.0. The summed E-state index contributed by atoms with van der Waals surface area (Å²) in [6.07, 6.45) is -0.275. The van der Waals surface area contributed by atoms with Gasteiger partial charge in [0.1, 0.15) is 0 Å². The standard InChI is InChI=1S/C30H33BrFN3O4Si/c1-18-27(40(2,3)32)26(14-15-36)39-30(18)24-16-21(31)8-13-25(24)35(29(30)38)17-19-4-11-23(12-5-19)34-28(37)20-6-9-22(33)10-7-20/h4-13,16,18,26-27,36H,14-15,17,33H2,1-3H3,(H,34,37)/t18-,26+,27-,30+/m1/s1. The molecule has 2 amide bonds. The average molecular weight is 627 g/mol. The highest BCUT2D eigenvalue weighted by atomic mass is 79.9. The Morgan fingerprint density at radius 1 is 1.15 bits per heavy atom. The lowest BCUT2D eigenvalue weighted by atomic mass is 9.82. The van der Waals surface area contributed by atoms with Crippen molar-refractivity contribution in [2.75, 3.05) is 22.6 Å². The van der Waals surface area contributed by atoms with E-state index in [-0.39, 0.29) is 31.4 Å². The van der Waals surface area contributed by atoms with E-state index >= 15 is 4.11 Å². The predicted molar refractivity (Wildman–Crippen MR) is 160 cm³/mol. The van der Waals surface area contributed by atoms with Gasteiger partial charge in [-0.2, -0.15) is 0 Å². The minimum Gasteiger partial charge on any atom is -0.399 e. The number of ether oxygens (including phenoxy) is 1. The van der Waals surface area contributed by atoms with E-state index in [2.05, 4.69) is 21.2 Å². The van der Waals surface area contributed by atoms with Gasteiger partial charge < -0.3 is 29.9 Å².